The second kappa shape index (κ2) is 5.16. The van der Waals surface area contributed by atoms with E-state index in [-0.39, 0.29) is 5.69 Å². The third-order valence-corrected chi connectivity index (χ3v) is 2.92. The minimum absolute atomic E-state index is 0.0700. The van der Waals surface area contributed by atoms with Crippen molar-refractivity contribution in [2.75, 3.05) is 11.1 Å². The molecule has 2 aromatic rings. The molecule has 0 fully saturated rings. The summed E-state index contributed by atoms with van der Waals surface area (Å²) in [6.45, 7) is 1.89. The molecule has 0 amide bonds. The van der Waals surface area contributed by atoms with Gasteiger partial charge in [0.05, 0.1) is 4.92 Å². The predicted octanol–water partition coefficient (Wildman–Crippen LogP) is 3.88. The van der Waals surface area contributed by atoms with Crippen molar-refractivity contribution in [2.24, 2.45) is 0 Å². The standard InChI is InChI=1S/C13H12ClN3O2/c1-8-2-3-9(14)6-12(8)16-11-5-4-10(15)7-13(11)17(18)19/h2-7,16H,15H2,1H3. The summed E-state index contributed by atoms with van der Waals surface area (Å²) in [5.74, 6) is 0. The number of benzene rings is 2. The number of nitrogens with zero attached hydrogens (tertiary/aromatic N) is 1. The summed E-state index contributed by atoms with van der Waals surface area (Å²) >= 11 is 5.92. The van der Waals surface area contributed by atoms with E-state index in [0.29, 0.717) is 16.4 Å². The van der Waals surface area contributed by atoms with Gasteiger partial charge in [-0.15, -0.1) is 0 Å². The number of nitro benzene ring substituents is 1. The van der Waals surface area contributed by atoms with Crippen LogP contribution in [0.3, 0.4) is 0 Å². The molecule has 2 aromatic carbocycles. The van der Waals surface area contributed by atoms with Crippen LogP contribution in [-0.4, -0.2) is 4.92 Å². The van der Waals surface area contributed by atoms with E-state index < -0.39 is 4.92 Å². The zero-order valence-corrected chi connectivity index (χ0v) is 10.9. The molecule has 2 rings (SSSR count). The SMILES string of the molecule is Cc1ccc(Cl)cc1Nc1ccc(N)cc1[N+](=O)[O-]. The summed E-state index contributed by atoms with van der Waals surface area (Å²) in [5, 5.41) is 14.6. The molecule has 3 N–H and O–H groups in total. The van der Waals surface area contributed by atoms with Gasteiger partial charge >= 0.3 is 0 Å². The van der Waals surface area contributed by atoms with E-state index in [2.05, 4.69) is 5.32 Å². The van der Waals surface area contributed by atoms with Crippen LogP contribution in [0, 0.1) is 17.0 Å². The molecule has 0 aliphatic heterocycles. The second-order valence-electron chi connectivity index (χ2n) is 4.12. The topological polar surface area (TPSA) is 81.2 Å². The Labute approximate surface area is 115 Å². The van der Waals surface area contributed by atoms with Crippen LogP contribution >= 0.6 is 11.6 Å². The maximum Gasteiger partial charge on any atom is 0.294 e. The lowest BCUT2D eigenvalue weighted by molar-refractivity contribution is -0.383. The van der Waals surface area contributed by atoms with Crippen molar-refractivity contribution in [2.45, 2.75) is 6.92 Å². The van der Waals surface area contributed by atoms with Crippen LogP contribution in [0.4, 0.5) is 22.7 Å². The van der Waals surface area contributed by atoms with Gasteiger partial charge in [0.25, 0.3) is 5.69 Å². The van der Waals surface area contributed by atoms with Crippen molar-refractivity contribution in [1.82, 2.24) is 0 Å². The molecule has 98 valence electrons. The first-order valence-corrected chi connectivity index (χ1v) is 5.92. The third kappa shape index (κ3) is 2.95. The molecule has 0 bridgehead atoms. The Morgan fingerprint density at radius 1 is 1.21 bits per heavy atom. The highest BCUT2D eigenvalue weighted by Crippen LogP contribution is 2.31. The number of nitrogens with one attached hydrogen (secondary N) is 1. The zero-order valence-electron chi connectivity index (χ0n) is 10.2. The van der Waals surface area contributed by atoms with Gasteiger partial charge in [0.1, 0.15) is 5.69 Å². The van der Waals surface area contributed by atoms with Crippen LogP contribution in [-0.2, 0) is 0 Å². The van der Waals surface area contributed by atoms with Gasteiger partial charge in [0.15, 0.2) is 0 Å². The second-order valence-corrected chi connectivity index (χ2v) is 4.55. The summed E-state index contributed by atoms with van der Waals surface area (Å²) in [6.07, 6.45) is 0. The maximum absolute atomic E-state index is 11.0. The van der Waals surface area contributed by atoms with E-state index in [9.17, 15) is 10.1 Å². The number of nitrogens with two attached hydrogens (primary N) is 1. The smallest absolute Gasteiger partial charge is 0.294 e. The Morgan fingerprint density at radius 3 is 2.63 bits per heavy atom. The van der Waals surface area contributed by atoms with Gasteiger partial charge in [0.2, 0.25) is 0 Å². The number of hydrogen-bond donors (Lipinski definition) is 2. The van der Waals surface area contributed by atoms with Crippen LogP contribution in [0.5, 0.6) is 0 Å². The molecule has 0 atom stereocenters. The quantitative estimate of drug-likeness (QED) is 0.507. The van der Waals surface area contributed by atoms with Crippen LogP contribution in [0.2, 0.25) is 5.02 Å². The summed E-state index contributed by atoms with van der Waals surface area (Å²) in [6, 6.07) is 9.83. The number of nitrogen functional groups attached to an aromatic ring is 1. The highest BCUT2D eigenvalue weighted by atomic mass is 35.5. The van der Waals surface area contributed by atoms with Gasteiger partial charge in [-0.25, -0.2) is 0 Å². The lowest BCUT2D eigenvalue weighted by Gasteiger charge is -2.10. The van der Waals surface area contributed by atoms with Gasteiger partial charge in [0, 0.05) is 22.5 Å². The molecule has 0 unspecified atom stereocenters. The number of nitro groups is 1. The average molecular weight is 278 g/mol. The van der Waals surface area contributed by atoms with Crippen molar-refractivity contribution < 1.29 is 4.92 Å². The van der Waals surface area contributed by atoms with E-state index in [0.717, 1.165) is 11.3 Å². The molecular weight excluding hydrogens is 266 g/mol. The van der Waals surface area contributed by atoms with E-state index in [1.807, 2.05) is 13.0 Å². The van der Waals surface area contributed by atoms with E-state index in [4.69, 9.17) is 17.3 Å². The Balaban J connectivity index is 2.43. The summed E-state index contributed by atoms with van der Waals surface area (Å²) in [5.41, 5.74) is 7.88. The lowest BCUT2D eigenvalue weighted by atomic mass is 10.2. The molecule has 5 nitrogen and oxygen atoms in total. The van der Waals surface area contributed by atoms with Gasteiger partial charge < -0.3 is 11.1 Å². The molecule has 0 spiro atoms. The predicted molar refractivity (Wildman–Crippen MR) is 77.0 cm³/mol. The number of anilines is 3. The summed E-state index contributed by atoms with van der Waals surface area (Å²) in [4.78, 5) is 10.5. The van der Waals surface area contributed by atoms with E-state index in [1.54, 1.807) is 24.3 Å². The molecule has 0 saturated carbocycles. The first-order chi connectivity index (χ1) is 8.97. The molecule has 6 heteroatoms. The third-order valence-electron chi connectivity index (χ3n) is 2.69. The van der Waals surface area contributed by atoms with Crippen molar-refractivity contribution in [1.29, 1.82) is 0 Å². The highest BCUT2D eigenvalue weighted by Gasteiger charge is 2.14. The summed E-state index contributed by atoms with van der Waals surface area (Å²) < 4.78 is 0. The molecule has 0 aromatic heterocycles. The van der Waals surface area contributed by atoms with E-state index in [1.165, 1.54) is 6.07 Å². The Morgan fingerprint density at radius 2 is 1.95 bits per heavy atom. The van der Waals surface area contributed by atoms with Crippen molar-refractivity contribution in [3.8, 4) is 0 Å². The Bertz CT molecular complexity index is 644. The molecule has 19 heavy (non-hydrogen) atoms. The fourth-order valence-corrected chi connectivity index (χ4v) is 1.85. The van der Waals surface area contributed by atoms with Crippen LogP contribution in [0.25, 0.3) is 0 Å². The zero-order chi connectivity index (χ0) is 14.0. The Hall–Kier alpha value is -2.27. The number of halogens is 1. The Kier molecular flexibility index (Phi) is 3.57. The van der Waals surface area contributed by atoms with Crippen molar-refractivity contribution in [3.63, 3.8) is 0 Å². The number of aryl methyl sites for hydroxylation is 1. The first kappa shape index (κ1) is 13.2. The fraction of sp³-hybridized carbons (Fsp3) is 0.0769. The number of rotatable bonds is 3. The minimum Gasteiger partial charge on any atom is -0.399 e. The fourth-order valence-electron chi connectivity index (χ4n) is 1.68. The van der Waals surface area contributed by atoms with Gasteiger partial charge in [-0.05, 0) is 36.8 Å². The highest BCUT2D eigenvalue weighted by molar-refractivity contribution is 6.30. The van der Waals surface area contributed by atoms with Crippen LogP contribution < -0.4 is 11.1 Å². The largest absolute Gasteiger partial charge is 0.399 e. The summed E-state index contributed by atoms with van der Waals surface area (Å²) in [7, 11) is 0. The molecule has 0 radical (unpaired) electrons. The lowest BCUT2D eigenvalue weighted by Crippen LogP contribution is -1.99. The average Bonchev–Trinajstić information content (AvgIpc) is 2.35. The van der Waals surface area contributed by atoms with Gasteiger partial charge in [-0.2, -0.15) is 0 Å². The monoisotopic (exact) mass is 277 g/mol. The maximum atomic E-state index is 11.0. The van der Waals surface area contributed by atoms with Crippen molar-refractivity contribution >= 4 is 34.4 Å². The van der Waals surface area contributed by atoms with Crippen LogP contribution in [0.15, 0.2) is 36.4 Å². The molecule has 0 saturated heterocycles. The molecular formula is C13H12ClN3O2. The van der Waals surface area contributed by atoms with Crippen LogP contribution in [0.1, 0.15) is 5.56 Å². The first-order valence-electron chi connectivity index (χ1n) is 5.54. The number of hydrogen-bond acceptors (Lipinski definition) is 4. The van der Waals surface area contributed by atoms with Crippen molar-refractivity contribution in [3.05, 3.63) is 57.1 Å². The minimum atomic E-state index is -0.474. The van der Waals surface area contributed by atoms with Gasteiger partial charge in [-0.1, -0.05) is 17.7 Å². The van der Waals surface area contributed by atoms with E-state index >= 15 is 0 Å². The van der Waals surface area contributed by atoms with Gasteiger partial charge in [-0.3, -0.25) is 10.1 Å². The molecule has 0 aliphatic carbocycles. The normalized spacial score (nSPS) is 10.2. The molecule has 0 heterocycles. The molecule has 0 aliphatic rings.